The van der Waals surface area contributed by atoms with Gasteiger partial charge in [0.2, 0.25) is 5.91 Å². The molecule has 1 heterocycles. The summed E-state index contributed by atoms with van der Waals surface area (Å²) in [6, 6.07) is 0. The van der Waals surface area contributed by atoms with Crippen LogP contribution >= 0.6 is 0 Å². The number of hydrogen-bond acceptors (Lipinski definition) is 4. The third-order valence-electron chi connectivity index (χ3n) is 3.51. The van der Waals surface area contributed by atoms with Crippen LogP contribution in [-0.2, 0) is 4.79 Å². The molecule has 1 rings (SSSR count). The van der Waals surface area contributed by atoms with E-state index in [0.29, 0.717) is 6.42 Å². The summed E-state index contributed by atoms with van der Waals surface area (Å²) < 4.78 is 0. The first-order chi connectivity index (χ1) is 8.63. The average molecular weight is 256 g/mol. The molecule has 0 aromatic heterocycles. The molecular weight excluding hydrogens is 228 g/mol. The van der Waals surface area contributed by atoms with Gasteiger partial charge in [-0.25, -0.2) is 0 Å². The van der Waals surface area contributed by atoms with Crippen LogP contribution in [0.1, 0.15) is 19.3 Å². The van der Waals surface area contributed by atoms with E-state index in [-0.39, 0.29) is 5.91 Å². The fourth-order valence-corrected chi connectivity index (χ4v) is 2.23. The topological polar surface area (TPSA) is 52.8 Å². The van der Waals surface area contributed by atoms with Gasteiger partial charge in [-0.3, -0.25) is 4.79 Å². The van der Waals surface area contributed by atoms with Crippen LogP contribution in [0.5, 0.6) is 0 Å². The Bertz CT molecular complexity index is 237. The second kappa shape index (κ2) is 8.45. The van der Waals surface area contributed by atoms with Gasteiger partial charge in [-0.15, -0.1) is 0 Å². The first-order valence-electron chi connectivity index (χ1n) is 6.98. The third-order valence-corrected chi connectivity index (χ3v) is 3.51. The molecule has 0 unspecified atom stereocenters. The summed E-state index contributed by atoms with van der Waals surface area (Å²) in [7, 11) is 3.64. The lowest BCUT2D eigenvalue weighted by Crippen LogP contribution is -2.47. The molecule has 0 aromatic rings. The molecule has 0 aliphatic carbocycles. The van der Waals surface area contributed by atoms with Crippen LogP contribution in [0.4, 0.5) is 0 Å². The molecule has 1 aliphatic rings. The average Bonchev–Trinajstić information content (AvgIpc) is 2.37. The zero-order chi connectivity index (χ0) is 13.4. The Labute approximate surface area is 111 Å². The van der Waals surface area contributed by atoms with Crippen LogP contribution in [0.3, 0.4) is 0 Å². The molecule has 1 fully saturated rings. The summed E-state index contributed by atoms with van der Waals surface area (Å²) in [6.45, 7) is 7.49. The van der Waals surface area contributed by atoms with E-state index in [0.717, 1.165) is 58.7 Å². The van der Waals surface area contributed by atoms with Gasteiger partial charge in [-0.2, -0.15) is 0 Å². The maximum atomic E-state index is 11.4. The molecule has 0 spiro atoms. The third kappa shape index (κ3) is 5.80. The lowest BCUT2D eigenvalue weighted by Gasteiger charge is -2.34. The zero-order valence-electron chi connectivity index (χ0n) is 11.9. The van der Waals surface area contributed by atoms with Gasteiger partial charge in [0.05, 0.1) is 0 Å². The summed E-state index contributed by atoms with van der Waals surface area (Å²) in [5.74, 6) is 0.233. The van der Waals surface area contributed by atoms with Crippen LogP contribution in [0.15, 0.2) is 0 Å². The highest BCUT2D eigenvalue weighted by atomic mass is 16.2. The predicted octanol–water partition coefficient (Wildman–Crippen LogP) is -0.179. The Morgan fingerprint density at radius 3 is 2.00 bits per heavy atom. The monoisotopic (exact) mass is 256 g/mol. The number of hydrogen-bond donors (Lipinski definition) is 1. The fraction of sp³-hybridized carbons (Fsp3) is 0.923. The van der Waals surface area contributed by atoms with E-state index in [1.807, 2.05) is 14.1 Å². The minimum atomic E-state index is 0.233. The molecule has 1 amide bonds. The Morgan fingerprint density at radius 1 is 1.06 bits per heavy atom. The first-order valence-corrected chi connectivity index (χ1v) is 6.98. The lowest BCUT2D eigenvalue weighted by atomic mass is 10.2. The van der Waals surface area contributed by atoms with Crippen molar-refractivity contribution in [2.75, 3.05) is 59.9 Å². The van der Waals surface area contributed by atoms with Crippen LogP contribution in [0.2, 0.25) is 0 Å². The van der Waals surface area contributed by atoms with Crippen molar-refractivity contribution in [3.63, 3.8) is 0 Å². The molecule has 1 aliphatic heterocycles. The van der Waals surface area contributed by atoms with Gasteiger partial charge in [0.15, 0.2) is 0 Å². The summed E-state index contributed by atoms with van der Waals surface area (Å²) in [5.41, 5.74) is 5.52. The van der Waals surface area contributed by atoms with E-state index in [1.165, 1.54) is 0 Å². The summed E-state index contributed by atoms with van der Waals surface area (Å²) >= 11 is 0. The number of piperazine rings is 1. The Hall–Kier alpha value is -0.650. The van der Waals surface area contributed by atoms with Crippen molar-refractivity contribution >= 4 is 5.91 Å². The van der Waals surface area contributed by atoms with Crippen LogP contribution in [-0.4, -0.2) is 80.5 Å². The molecule has 0 saturated carbocycles. The van der Waals surface area contributed by atoms with E-state index < -0.39 is 0 Å². The normalized spacial score (nSPS) is 17.9. The predicted molar refractivity (Wildman–Crippen MR) is 74.5 cm³/mol. The Morgan fingerprint density at radius 2 is 1.56 bits per heavy atom. The van der Waals surface area contributed by atoms with Crippen molar-refractivity contribution in [2.24, 2.45) is 5.73 Å². The van der Waals surface area contributed by atoms with Gasteiger partial charge < -0.3 is 20.4 Å². The van der Waals surface area contributed by atoms with E-state index in [4.69, 9.17) is 5.73 Å². The Kier molecular flexibility index (Phi) is 7.23. The fourth-order valence-electron chi connectivity index (χ4n) is 2.23. The van der Waals surface area contributed by atoms with Gasteiger partial charge in [-0.05, 0) is 32.5 Å². The minimum Gasteiger partial charge on any atom is -0.349 e. The van der Waals surface area contributed by atoms with Crippen molar-refractivity contribution in [1.82, 2.24) is 14.7 Å². The quantitative estimate of drug-likeness (QED) is 0.687. The van der Waals surface area contributed by atoms with Gasteiger partial charge in [-0.1, -0.05) is 0 Å². The van der Waals surface area contributed by atoms with Gasteiger partial charge in [0, 0.05) is 46.7 Å². The van der Waals surface area contributed by atoms with Gasteiger partial charge in [0.1, 0.15) is 0 Å². The molecular formula is C13H28N4O. The van der Waals surface area contributed by atoms with Crippen LogP contribution in [0, 0.1) is 0 Å². The Balaban J connectivity index is 2.07. The van der Waals surface area contributed by atoms with Crippen molar-refractivity contribution in [2.45, 2.75) is 19.3 Å². The number of nitrogens with two attached hydrogens (primary N) is 1. The first kappa shape index (κ1) is 15.4. The van der Waals surface area contributed by atoms with Crippen LogP contribution in [0.25, 0.3) is 0 Å². The van der Waals surface area contributed by atoms with Crippen molar-refractivity contribution in [1.29, 1.82) is 0 Å². The number of amides is 1. The lowest BCUT2D eigenvalue weighted by molar-refractivity contribution is -0.128. The highest BCUT2D eigenvalue weighted by molar-refractivity contribution is 5.75. The standard InChI is InChI=1S/C13H28N4O/c1-15(2)13(18)5-3-7-16-9-11-17(12-10-16)8-4-6-14/h3-12,14H2,1-2H3. The van der Waals surface area contributed by atoms with Crippen molar-refractivity contribution in [3.05, 3.63) is 0 Å². The number of nitrogens with zero attached hydrogens (tertiary/aromatic N) is 3. The summed E-state index contributed by atoms with van der Waals surface area (Å²) in [5, 5.41) is 0. The highest BCUT2D eigenvalue weighted by Gasteiger charge is 2.16. The molecule has 0 atom stereocenters. The van der Waals surface area contributed by atoms with E-state index in [2.05, 4.69) is 9.80 Å². The summed E-state index contributed by atoms with van der Waals surface area (Å²) in [4.78, 5) is 18.1. The largest absolute Gasteiger partial charge is 0.349 e. The van der Waals surface area contributed by atoms with Crippen LogP contribution < -0.4 is 5.73 Å². The minimum absolute atomic E-state index is 0.233. The van der Waals surface area contributed by atoms with E-state index >= 15 is 0 Å². The second-order valence-corrected chi connectivity index (χ2v) is 5.22. The molecule has 0 aromatic carbocycles. The number of carbonyl (C=O) groups is 1. The molecule has 18 heavy (non-hydrogen) atoms. The molecule has 106 valence electrons. The van der Waals surface area contributed by atoms with Gasteiger partial charge >= 0.3 is 0 Å². The van der Waals surface area contributed by atoms with Crippen molar-refractivity contribution in [3.8, 4) is 0 Å². The molecule has 2 N–H and O–H groups in total. The molecule has 0 bridgehead atoms. The molecule has 5 heteroatoms. The maximum Gasteiger partial charge on any atom is 0.222 e. The second-order valence-electron chi connectivity index (χ2n) is 5.22. The molecule has 0 radical (unpaired) electrons. The number of carbonyl (C=O) groups excluding carboxylic acids is 1. The number of rotatable bonds is 7. The highest BCUT2D eigenvalue weighted by Crippen LogP contribution is 2.04. The van der Waals surface area contributed by atoms with Gasteiger partial charge in [0.25, 0.3) is 0 Å². The SMILES string of the molecule is CN(C)C(=O)CCCN1CCN(CCCN)CC1. The van der Waals surface area contributed by atoms with Crippen molar-refractivity contribution < 1.29 is 4.79 Å². The summed E-state index contributed by atoms with van der Waals surface area (Å²) in [6.07, 6.45) is 2.73. The van der Waals surface area contributed by atoms with E-state index in [1.54, 1.807) is 4.90 Å². The zero-order valence-corrected chi connectivity index (χ0v) is 11.9. The smallest absolute Gasteiger partial charge is 0.222 e. The van der Waals surface area contributed by atoms with E-state index in [9.17, 15) is 4.79 Å². The molecule has 1 saturated heterocycles. The maximum absolute atomic E-state index is 11.4. The molecule has 5 nitrogen and oxygen atoms in total.